The Bertz CT molecular complexity index is 1060. The Morgan fingerprint density at radius 2 is 1.34 bits per heavy atom. The van der Waals surface area contributed by atoms with Gasteiger partial charge in [0.15, 0.2) is 5.88 Å². The zero-order chi connectivity index (χ0) is 20.1. The van der Waals surface area contributed by atoms with Gasteiger partial charge in [-0.25, -0.2) is 0 Å². The quantitative estimate of drug-likeness (QED) is 0.370. The van der Waals surface area contributed by atoms with Crippen molar-refractivity contribution in [1.29, 1.82) is 0 Å². The molecule has 4 rings (SSSR count). The van der Waals surface area contributed by atoms with Crippen LogP contribution in [0.3, 0.4) is 0 Å². The molecule has 0 atom stereocenters. The monoisotopic (exact) mass is 403 g/mol. The van der Waals surface area contributed by atoms with Crippen molar-refractivity contribution in [3.63, 3.8) is 0 Å². The molecule has 3 aromatic carbocycles. The summed E-state index contributed by atoms with van der Waals surface area (Å²) >= 11 is 1.50. The van der Waals surface area contributed by atoms with Crippen LogP contribution in [0, 0.1) is 0 Å². The Labute approximate surface area is 174 Å². The zero-order valence-electron chi connectivity index (χ0n) is 15.7. The number of nitrogens with zero attached hydrogens (tertiary/aromatic N) is 1. The van der Waals surface area contributed by atoms with E-state index in [9.17, 15) is 10.2 Å². The normalized spacial score (nSPS) is 10.8. The molecule has 1 aromatic heterocycles. The molecule has 0 fully saturated rings. The Morgan fingerprint density at radius 3 is 2.03 bits per heavy atom. The maximum atomic E-state index is 10.6. The van der Waals surface area contributed by atoms with E-state index in [1.54, 1.807) is 6.07 Å². The molecule has 146 valence electrons. The van der Waals surface area contributed by atoms with Gasteiger partial charge in [-0.1, -0.05) is 60.7 Å². The van der Waals surface area contributed by atoms with Crippen molar-refractivity contribution in [2.75, 3.05) is 0 Å². The summed E-state index contributed by atoms with van der Waals surface area (Å²) in [5.41, 5.74) is 2.12. The van der Waals surface area contributed by atoms with E-state index in [1.807, 2.05) is 84.9 Å². The SMILES string of the molecule is Oc1cc(SCc2ccccc2)c(O)n1Cc1ccc(Oc2ccccc2)cc1. The number of ether oxygens (including phenoxy) is 1. The van der Waals surface area contributed by atoms with Crippen LogP contribution in [0.4, 0.5) is 0 Å². The molecule has 29 heavy (non-hydrogen) atoms. The minimum Gasteiger partial charge on any atom is -0.494 e. The zero-order valence-corrected chi connectivity index (χ0v) is 16.5. The molecule has 2 N–H and O–H groups in total. The van der Waals surface area contributed by atoms with Crippen LogP contribution in [0.15, 0.2) is 95.9 Å². The molecule has 4 nitrogen and oxygen atoms in total. The van der Waals surface area contributed by atoms with Gasteiger partial charge < -0.3 is 14.9 Å². The first kappa shape index (κ1) is 19.0. The topological polar surface area (TPSA) is 54.6 Å². The molecular formula is C24H21NO3S. The van der Waals surface area contributed by atoms with Crippen LogP contribution in [0.1, 0.15) is 11.1 Å². The highest BCUT2D eigenvalue weighted by Crippen LogP contribution is 2.37. The van der Waals surface area contributed by atoms with Crippen LogP contribution in [-0.2, 0) is 12.3 Å². The van der Waals surface area contributed by atoms with E-state index in [0.717, 1.165) is 28.4 Å². The standard InChI is InChI=1S/C24H21NO3S/c26-23-15-22(29-17-19-7-3-1-4-8-19)24(27)25(23)16-18-11-13-21(14-12-18)28-20-9-5-2-6-10-20/h1-15,26-27H,16-17H2. The fourth-order valence-corrected chi connectivity index (χ4v) is 3.91. The fraction of sp³-hybridized carbons (Fsp3) is 0.0833. The lowest BCUT2D eigenvalue weighted by Crippen LogP contribution is -1.98. The second-order valence-electron chi connectivity index (χ2n) is 6.61. The first-order valence-electron chi connectivity index (χ1n) is 9.29. The summed E-state index contributed by atoms with van der Waals surface area (Å²) < 4.78 is 7.30. The molecule has 0 saturated carbocycles. The van der Waals surface area contributed by atoms with Crippen molar-refractivity contribution in [2.45, 2.75) is 17.2 Å². The Hall–Kier alpha value is -3.31. The minimum absolute atomic E-state index is 0.0441. The number of para-hydroxylation sites is 1. The minimum atomic E-state index is 0.0441. The lowest BCUT2D eigenvalue weighted by Gasteiger charge is -2.09. The fourth-order valence-electron chi connectivity index (χ4n) is 2.97. The van der Waals surface area contributed by atoms with E-state index in [4.69, 9.17) is 4.74 Å². The molecule has 5 heteroatoms. The van der Waals surface area contributed by atoms with Crippen LogP contribution >= 0.6 is 11.8 Å². The molecule has 0 unspecified atom stereocenters. The third-order valence-corrected chi connectivity index (χ3v) is 5.58. The Morgan fingerprint density at radius 1 is 0.724 bits per heavy atom. The second-order valence-corrected chi connectivity index (χ2v) is 7.63. The first-order chi connectivity index (χ1) is 14.2. The highest BCUT2D eigenvalue weighted by molar-refractivity contribution is 7.98. The highest BCUT2D eigenvalue weighted by Gasteiger charge is 2.15. The Kier molecular flexibility index (Phi) is 5.77. The number of rotatable bonds is 7. The average molecular weight is 404 g/mol. The summed E-state index contributed by atoms with van der Waals surface area (Å²) in [6.07, 6.45) is 0. The van der Waals surface area contributed by atoms with Crippen LogP contribution in [-0.4, -0.2) is 14.8 Å². The number of hydrogen-bond acceptors (Lipinski definition) is 4. The van der Waals surface area contributed by atoms with Gasteiger partial charge >= 0.3 is 0 Å². The van der Waals surface area contributed by atoms with Gasteiger partial charge in [0.25, 0.3) is 0 Å². The predicted molar refractivity (Wildman–Crippen MR) is 116 cm³/mol. The maximum Gasteiger partial charge on any atom is 0.208 e. The molecule has 0 aliphatic heterocycles. The molecule has 0 aliphatic carbocycles. The van der Waals surface area contributed by atoms with Crippen LogP contribution < -0.4 is 4.74 Å². The molecule has 0 bridgehead atoms. The van der Waals surface area contributed by atoms with Gasteiger partial charge in [-0.05, 0) is 35.4 Å². The van der Waals surface area contributed by atoms with E-state index < -0.39 is 0 Å². The van der Waals surface area contributed by atoms with Gasteiger partial charge in [0.05, 0.1) is 11.4 Å². The lowest BCUT2D eigenvalue weighted by molar-refractivity contribution is 0.373. The summed E-state index contributed by atoms with van der Waals surface area (Å²) in [6, 6.07) is 28.9. The molecule has 0 saturated heterocycles. The average Bonchev–Trinajstić information content (AvgIpc) is 3.02. The highest BCUT2D eigenvalue weighted by atomic mass is 32.2. The van der Waals surface area contributed by atoms with E-state index >= 15 is 0 Å². The summed E-state index contributed by atoms with van der Waals surface area (Å²) in [6.45, 7) is 0.370. The van der Waals surface area contributed by atoms with Crippen molar-refractivity contribution in [2.24, 2.45) is 0 Å². The molecule has 0 spiro atoms. The van der Waals surface area contributed by atoms with E-state index in [0.29, 0.717) is 11.4 Å². The maximum absolute atomic E-state index is 10.6. The van der Waals surface area contributed by atoms with Gasteiger partial charge in [0.1, 0.15) is 11.5 Å². The van der Waals surface area contributed by atoms with Gasteiger partial charge in [-0.2, -0.15) is 0 Å². The van der Waals surface area contributed by atoms with E-state index in [-0.39, 0.29) is 11.8 Å². The molecule has 4 aromatic rings. The summed E-state index contributed by atoms with van der Waals surface area (Å²) in [4.78, 5) is 0.662. The predicted octanol–water partition coefficient (Wildman–Crippen LogP) is 6.03. The number of hydrogen-bond donors (Lipinski definition) is 2. The Balaban J connectivity index is 1.43. The van der Waals surface area contributed by atoms with Crippen LogP contribution in [0.5, 0.6) is 23.3 Å². The van der Waals surface area contributed by atoms with E-state index in [2.05, 4.69) is 0 Å². The number of aromatic nitrogens is 1. The first-order valence-corrected chi connectivity index (χ1v) is 10.3. The van der Waals surface area contributed by atoms with Crippen molar-refractivity contribution < 1.29 is 14.9 Å². The number of thioether (sulfide) groups is 1. The van der Waals surface area contributed by atoms with Crippen molar-refractivity contribution >= 4 is 11.8 Å². The van der Waals surface area contributed by atoms with Crippen molar-refractivity contribution in [1.82, 2.24) is 4.57 Å². The largest absolute Gasteiger partial charge is 0.494 e. The molecule has 1 heterocycles. The molecule has 0 aliphatic rings. The van der Waals surface area contributed by atoms with E-state index in [1.165, 1.54) is 16.3 Å². The van der Waals surface area contributed by atoms with Crippen molar-refractivity contribution in [3.8, 4) is 23.3 Å². The number of aromatic hydroxyl groups is 2. The summed E-state index contributed by atoms with van der Waals surface area (Å²) in [5.74, 6) is 2.36. The molecule has 0 amide bonds. The van der Waals surface area contributed by atoms with Gasteiger partial charge in [0, 0.05) is 11.8 Å². The molecular weight excluding hydrogens is 382 g/mol. The van der Waals surface area contributed by atoms with Gasteiger partial charge in [-0.3, -0.25) is 4.57 Å². The van der Waals surface area contributed by atoms with Crippen LogP contribution in [0.25, 0.3) is 0 Å². The van der Waals surface area contributed by atoms with Gasteiger partial charge in [0.2, 0.25) is 5.88 Å². The number of benzene rings is 3. The van der Waals surface area contributed by atoms with Gasteiger partial charge in [-0.15, -0.1) is 11.8 Å². The summed E-state index contributed by atoms with van der Waals surface area (Å²) in [7, 11) is 0. The van der Waals surface area contributed by atoms with Crippen LogP contribution in [0.2, 0.25) is 0 Å². The third-order valence-electron chi connectivity index (χ3n) is 4.49. The third kappa shape index (κ3) is 4.76. The second kappa shape index (κ2) is 8.80. The lowest BCUT2D eigenvalue weighted by atomic mass is 10.2. The van der Waals surface area contributed by atoms with Crippen molar-refractivity contribution in [3.05, 3.63) is 102 Å². The summed E-state index contributed by atoms with van der Waals surface area (Å²) in [5, 5.41) is 20.8. The smallest absolute Gasteiger partial charge is 0.208 e. The molecule has 0 radical (unpaired) electrons.